The summed E-state index contributed by atoms with van der Waals surface area (Å²) in [5, 5.41) is 0. The van der Waals surface area contributed by atoms with Gasteiger partial charge in [0.15, 0.2) is 0 Å². The predicted octanol–water partition coefficient (Wildman–Crippen LogP) is 3.88. The number of hydrogen-bond acceptors (Lipinski definition) is 2. The van der Waals surface area contributed by atoms with Crippen molar-refractivity contribution in [2.24, 2.45) is 0 Å². The number of fused-ring (bicyclic) bond motifs is 1. The van der Waals surface area contributed by atoms with Crippen molar-refractivity contribution in [2.45, 2.75) is 32.8 Å². The van der Waals surface area contributed by atoms with Gasteiger partial charge in [0, 0.05) is 5.56 Å². The Kier molecular flexibility index (Phi) is 3.55. The van der Waals surface area contributed by atoms with E-state index < -0.39 is 0 Å². The van der Waals surface area contributed by atoms with Gasteiger partial charge in [-0.3, -0.25) is 4.79 Å². The minimum absolute atomic E-state index is 0.578. The van der Waals surface area contributed by atoms with Crippen LogP contribution < -0.4 is 4.74 Å². The van der Waals surface area contributed by atoms with E-state index in [-0.39, 0.29) is 0 Å². The predicted molar refractivity (Wildman–Crippen MR) is 79.4 cm³/mol. The standard InChI is InChI=1S/C18H18O2/c1-13-10-15(11-19)16-8-5-9-17(16)18(13)20-12-14-6-3-2-4-7-14/h2-4,6-7,10-11H,5,8-9,12H2,1H3. The van der Waals surface area contributed by atoms with Gasteiger partial charge in [0.25, 0.3) is 0 Å². The lowest BCUT2D eigenvalue weighted by molar-refractivity contribution is 0.112. The van der Waals surface area contributed by atoms with Crippen LogP contribution in [0.15, 0.2) is 36.4 Å². The van der Waals surface area contributed by atoms with Gasteiger partial charge in [0.2, 0.25) is 0 Å². The largest absolute Gasteiger partial charge is 0.488 e. The van der Waals surface area contributed by atoms with Crippen LogP contribution in [0.5, 0.6) is 5.75 Å². The monoisotopic (exact) mass is 266 g/mol. The lowest BCUT2D eigenvalue weighted by atomic mass is 9.99. The first-order chi connectivity index (χ1) is 9.79. The molecule has 0 unspecified atom stereocenters. The van der Waals surface area contributed by atoms with E-state index in [4.69, 9.17) is 4.74 Å². The Balaban J connectivity index is 1.90. The number of rotatable bonds is 4. The van der Waals surface area contributed by atoms with Gasteiger partial charge in [-0.1, -0.05) is 30.3 Å². The van der Waals surface area contributed by atoms with Crippen LogP contribution in [0.4, 0.5) is 0 Å². The van der Waals surface area contributed by atoms with E-state index in [1.54, 1.807) is 0 Å². The van der Waals surface area contributed by atoms with Gasteiger partial charge < -0.3 is 4.74 Å². The Labute approximate surface area is 119 Å². The van der Waals surface area contributed by atoms with Crippen LogP contribution >= 0.6 is 0 Å². The molecular formula is C18H18O2. The second kappa shape index (κ2) is 5.49. The van der Waals surface area contributed by atoms with Crippen LogP contribution in [0, 0.1) is 6.92 Å². The minimum Gasteiger partial charge on any atom is -0.488 e. The van der Waals surface area contributed by atoms with Gasteiger partial charge in [0.1, 0.15) is 18.6 Å². The average molecular weight is 266 g/mol. The molecule has 3 rings (SSSR count). The smallest absolute Gasteiger partial charge is 0.150 e. The van der Waals surface area contributed by atoms with Crippen molar-refractivity contribution >= 4 is 6.29 Å². The third-order valence-electron chi connectivity index (χ3n) is 3.92. The molecule has 0 fully saturated rings. The summed E-state index contributed by atoms with van der Waals surface area (Å²) in [4.78, 5) is 11.2. The fourth-order valence-electron chi connectivity index (χ4n) is 2.97. The zero-order valence-electron chi connectivity index (χ0n) is 11.7. The molecule has 0 bridgehead atoms. The SMILES string of the molecule is Cc1cc(C=O)c2c(c1OCc1ccccc1)CCC2. The molecule has 0 aromatic heterocycles. The fourth-order valence-corrected chi connectivity index (χ4v) is 2.97. The highest BCUT2D eigenvalue weighted by Gasteiger charge is 2.21. The molecule has 0 atom stereocenters. The number of carbonyl (C=O) groups excluding carboxylic acids is 1. The molecule has 0 spiro atoms. The zero-order chi connectivity index (χ0) is 13.9. The molecule has 0 N–H and O–H groups in total. The first-order valence-corrected chi connectivity index (χ1v) is 7.07. The molecule has 0 saturated carbocycles. The third-order valence-corrected chi connectivity index (χ3v) is 3.92. The normalized spacial score (nSPS) is 13.1. The van der Waals surface area contributed by atoms with Gasteiger partial charge >= 0.3 is 0 Å². The Morgan fingerprint density at radius 1 is 1.15 bits per heavy atom. The summed E-state index contributed by atoms with van der Waals surface area (Å²) in [5.74, 6) is 0.979. The molecule has 0 saturated heterocycles. The summed E-state index contributed by atoms with van der Waals surface area (Å²) in [6, 6.07) is 12.1. The summed E-state index contributed by atoms with van der Waals surface area (Å²) >= 11 is 0. The van der Waals surface area contributed by atoms with E-state index in [2.05, 4.69) is 12.1 Å². The van der Waals surface area contributed by atoms with Gasteiger partial charge in [-0.25, -0.2) is 0 Å². The van der Waals surface area contributed by atoms with E-state index in [0.717, 1.165) is 48.0 Å². The lowest BCUT2D eigenvalue weighted by Crippen LogP contribution is -2.03. The molecule has 1 aliphatic rings. The molecule has 0 heterocycles. The van der Waals surface area contributed by atoms with Crippen molar-refractivity contribution in [3.8, 4) is 5.75 Å². The van der Waals surface area contributed by atoms with E-state index >= 15 is 0 Å². The van der Waals surface area contributed by atoms with E-state index in [9.17, 15) is 4.79 Å². The molecular weight excluding hydrogens is 248 g/mol. The maximum Gasteiger partial charge on any atom is 0.150 e. The summed E-state index contributed by atoms with van der Waals surface area (Å²) in [7, 11) is 0. The molecule has 2 aromatic rings. The summed E-state index contributed by atoms with van der Waals surface area (Å²) in [5.41, 5.74) is 5.49. The highest BCUT2D eigenvalue weighted by molar-refractivity contribution is 5.80. The molecule has 0 aliphatic heterocycles. The number of ether oxygens (including phenoxy) is 1. The molecule has 2 aromatic carbocycles. The molecule has 0 radical (unpaired) electrons. The Hall–Kier alpha value is -2.09. The van der Waals surface area contributed by atoms with Crippen molar-refractivity contribution in [1.82, 2.24) is 0 Å². The van der Waals surface area contributed by atoms with Gasteiger partial charge in [0.05, 0.1) is 0 Å². The number of aryl methyl sites for hydroxylation is 1. The number of carbonyl (C=O) groups is 1. The van der Waals surface area contributed by atoms with Gasteiger partial charge in [-0.05, 0) is 54.5 Å². The number of benzene rings is 2. The van der Waals surface area contributed by atoms with E-state index in [1.165, 1.54) is 11.1 Å². The van der Waals surface area contributed by atoms with Crippen molar-refractivity contribution in [3.05, 3.63) is 64.2 Å². The van der Waals surface area contributed by atoms with Crippen LogP contribution in [0.25, 0.3) is 0 Å². The topological polar surface area (TPSA) is 26.3 Å². The van der Waals surface area contributed by atoms with Crippen LogP contribution in [-0.4, -0.2) is 6.29 Å². The van der Waals surface area contributed by atoms with Crippen LogP contribution in [0.1, 0.15) is 39.0 Å². The first-order valence-electron chi connectivity index (χ1n) is 7.07. The first kappa shape index (κ1) is 12.9. The third kappa shape index (κ3) is 2.34. The number of hydrogen-bond donors (Lipinski definition) is 0. The van der Waals surface area contributed by atoms with Crippen molar-refractivity contribution in [3.63, 3.8) is 0 Å². The Morgan fingerprint density at radius 2 is 1.90 bits per heavy atom. The summed E-state index contributed by atoms with van der Waals surface area (Å²) in [6.45, 7) is 2.60. The van der Waals surface area contributed by atoms with Crippen LogP contribution in [0.3, 0.4) is 0 Å². The fraction of sp³-hybridized carbons (Fsp3) is 0.278. The quantitative estimate of drug-likeness (QED) is 0.785. The molecule has 2 nitrogen and oxygen atoms in total. The van der Waals surface area contributed by atoms with Crippen molar-refractivity contribution < 1.29 is 9.53 Å². The average Bonchev–Trinajstić information content (AvgIpc) is 2.96. The Bertz CT molecular complexity index is 630. The van der Waals surface area contributed by atoms with Crippen LogP contribution in [-0.2, 0) is 19.4 Å². The highest BCUT2D eigenvalue weighted by atomic mass is 16.5. The molecule has 102 valence electrons. The van der Waals surface area contributed by atoms with E-state index in [1.807, 2.05) is 31.2 Å². The molecule has 20 heavy (non-hydrogen) atoms. The molecule has 0 amide bonds. The zero-order valence-corrected chi connectivity index (χ0v) is 11.7. The van der Waals surface area contributed by atoms with Crippen LogP contribution in [0.2, 0.25) is 0 Å². The van der Waals surface area contributed by atoms with Crippen molar-refractivity contribution in [1.29, 1.82) is 0 Å². The second-order valence-corrected chi connectivity index (χ2v) is 5.31. The summed E-state index contributed by atoms with van der Waals surface area (Å²) in [6.07, 6.45) is 4.09. The lowest BCUT2D eigenvalue weighted by Gasteiger charge is -2.15. The van der Waals surface area contributed by atoms with Gasteiger partial charge in [-0.15, -0.1) is 0 Å². The molecule has 1 aliphatic carbocycles. The number of aldehydes is 1. The van der Waals surface area contributed by atoms with E-state index in [0.29, 0.717) is 6.61 Å². The maximum atomic E-state index is 11.2. The Morgan fingerprint density at radius 3 is 2.65 bits per heavy atom. The maximum absolute atomic E-state index is 11.2. The van der Waals surface area contributed by atoms with Gasteiger partial charge in [-0.2, -0.15) is 0 Å². The minimum atomic E-state index is 0.578. The van der Waals surface area contributed by atoms with Crippen molar-refractivity contribution in [2.75, 3.05) is 0 Å². The second-order valence-electron chi connectivity index (χ2n) is 5.31. The highest BCUT2D eigenvalue weighted by Crippen LogP contribution is 2.36. The molecule has 2 heteroatoms. The summed E-state index contributed by atoms with van der Waals surface area (Å²) < 4.78 is 6.05.